The zero-order chi connectivity index (χ0) is 30.6. The quantitative estimate of drug-likeness (QED) is 0.160. The molecular weight excluding hydrogens is 544 g/mol. The number of ether oxygens (including phenoxy) is 2. The van der Waals surface area contributed by atoms with Gasteiger partial charge >= 0.3 is 5.97 Å². The molecule has 0 aliphatic heterocycles. The van der Waals surface area contributed by atoms with E-state index in [1.807, 2.05) is 49.4 Å². The molecule has 2 N–H and O–H groups in total. The van der Waals surface area contributed by atoms with E-state index in [-0.39, 0.29) is 24.7 Å². The number of benzene rings is 4. The molecule has 0 aliphatic carbocycles. The van der Waals surface area contributed by atoms with Gasteiger partial charge in [0.25, 0.3) is 0 Å². The van der Waals surface area contributed by atoms with Crippen molar-refractivity contribution < 1.29 is 29.0 Å². The van der Waals surface area contributed by atoms with E-state index in [1.165, 1.54) is 0 Å². The van der Waals surface area contributed by atoms with Crippen molar-refractivity contribution in [2.45, 2.75) is 32.2 Å². The number of carbonyl (C=O) groups excluding carboxylic acids is 2. The highest BCUT2D eigenvalue weighted by molar-refractivity contribution is 6.12. The van der Waals surface area contributed by atoms with Crippen molar-refractivity contribution in [3.8, 4) is 11.5 Å². The Morgan fingerprint density at radius 3 is 2.28 bits per heavy atom. The van der Waals surface area contributed by atoms with E-state index in [4.69, 9.17) is 9.47 Å². The predicted octanol–water partition coefficient (Wildman–Crippen LogP) is 6.25. The van der Waals surface area contributed by atoms with Gasteiger partial charge in [-0.05, 0) is 48.4 Å². The molecule has 0 radical (unpaired) electrons. The maximum absolute atomic E-state index is 13.1. The highest BCUT2D eigenvalue weighted by atomic mass is 16.5. The highest BCUT2D eigenvalue weighted by Crippen LogP contribution is 2.24. The van der Waals surface area contributed by atoms with Crippen LogP contribution < -0.4 is 19.7 Å². The molecule has 0 saturated heterocycles. The maximum atomic E-state index is 13.1. The summed E-state index contributed by atoms with van der Waals surface area (Å²) in [6.45, 7) is 2.60. The lowest BCUT2D eigenvalue weighted by molar-refractivity contribution is -0.137. The molecule has 0 spiro atoms. The number of carboxylic acid groups (broad SMARTS) is 1. The fourth-order valence-corrected chi connectivity index (χ4v) is 4.68. The summed E-state index contributed by atoms with van der Waals surface area (Å²) >= 11 is 0. The minimum Gasteiger partial charge on any atom is -0.497 e. The van der Waals surface area contributed by atoms with Gasteiger partial charge in [0.05, 0.1) is 13.7 Å². The third-order valence-electron chi connectivity index (χ3n) is 6.91. The van der Waals surface area contributed by atoms with Crippen LogP contribution in [0.4, 0.5) is 11.4 Å². The Bertz CT molecular complexity index is 1520. The second-order valence-corrected chi connectivity index (χ2v) is 9.97. The first-order valence-electron chi connectivity index (χ1n) is 14.2. The van der Waals surface area contributed by atoms with Gasteiger partial charge in [-0.25, -0.2) is 4.79 Å². The molecule has 8 nitrogen and oxygen atoms in total. The van der Waals surface area contributed by atoms with E-state index in [0.717, 1.165) is 17.7 Å². The molecular formula is C35H36N2O6. The molecule has 43 heavy (non-hydrogen) atoms. The lowest BCUT2D eigenvalue weighted by atomic mass is 10.00. The lowest BCUT2D eigenvalue weighted by Crippen LogP contribution is -2.34. The van der Waals surface area contributed by atoms with Gasteiger partial charge in [-0.15, -0.1) is 0 Å². The maximum Gasteiger partial charge on any atom is 0.326 e. The van der Waals surface area contributed by atoms with Gasteiger partial charge in [-0.1, -0.05) is 67.6 Å². The molecule has 0 saturated carbocycles. The van der Waals surface area contributed by atoms with Crippen LogP contribution in [0.2, 0.25) is 0 Å². The molecule has 0 aromatic heterocycles. The first-order chi connectivity index (χ1) is 20.9. The molecule has 0 heterocycles. The average Bonchev–Trinajstić information content (AvgIpc) is 3.04. The summed E-state index contributed by atoms with van der Waals surface area (Å²) in [6.07, 6.45) is 1.36. The van der Waals surface area contributed by atoms with Gasteiger partial charge in [-0.2, -0.15) is 0 Å². The van der Waals surface area contributed by atoms with Crippen LogP contribution in [-0.4, -0.2) is 49.1 Å². The molecule has 222 valence electrons. The number of carbonyl (C=O) groups is 3. The Balaban J connectivity index is 1.39. The Morgan fingerprint density at radius 1 is 0.860 bits per heavy atom. The summed E-state index contributed by atoms with van der Waals surface area (Å²) in [5.41, 5.74) is 2.93. The molecule has 4 aromatic rings. The number of hydrogen-bond donors (Lipinski definition) is 2. The second kappa shape index (κ2) is 15.2. The summed E-state index contributed by atoms with van der Waals surface area (Å²) in [5, 5.41) is 13.0. The van der Waals surface area contributed by atoms with Crippen LogP contribution in [0.25, 0.3) is 0 Å². The van der Waals surface area contributed by atoms with Crippen molar-refractivity contribution >= 4 is 29.0 Å². The number of anilines is 2. The van der Waals surface area contributed by atoms with Crippen LogP contribution in [-0.2, 0) is 16.0 Å². The second-order valence-electron chi connectivity index (χ2n) is 9.97. The summed E-state index contributed by atoms with van der Waals surface area (Å²) in [7, 11) is 1.59. The van der Waals surface area contributed by atoms with Crippen molar-refractivity contribution in [3.05, 3.63) is 120 Å². The van der Waals surface area contributed by atoms with Crippen LogP contribution >= 0.6 is 0 Å². The summed E-state index contributed by atoms with van der Waals surface area (Å²) in [6, 6.07) is 29.4. The zero-order valence-electron chi connectivity index (χ0n) is 24.4. The number of para-hydroxylation sites is 1. The van der Waals surface area contributed by atoms with Gasteiger partial charge < -0.3 is 24.8 Å². The molecule has 1 amide bonds. The van der Waals surface area contributed by atoms with Crippen LogP contribution in [0.3, 0.4) is 0 Å². The molecule has 1 unspecified atom stereocenters. The van der Waals surface area contributed by atoms with Gasteiger partial charge in [0, 0.05) is 41.4 Å². The van der Waals surface area contributed by atoms with E-state index < -0.39 is 12.0 Å². The SMILES string of the molecule is CCCC(=O)N(CCOc1ccc(CC(Nc2ccccc2C(=O)c2ccccc2)C(=O)O)cc1)c1cccc(OC)c1. The standard InChI is InChI=1S/C35H36N2O6/c1-3-10-33(38)37(27-13-9-14-29(24-27)42-2)21-22-43-28-19-17-25(18-20-28)23-32(35(40)41)36-31-16-8-7-15-30(31)34(39)26-11-5-4-6-12-26/h4-9,11-20,24,32,36H,3,10,21-23H2,1-2H3,(H,40,41). The van der Waals surface area contributed by atoms with Gasteiger partial charge in [-0.3, -0.25) is 9.59 Å². The van der Waals surface area contributed by atoms with Crippen molar-refractivity contribution in [1.82, 2.24) is 0 Å². The zero-order valence-corrected chi connectivity index (χ0v) is 24.4. The van der Waals surface area contributed by atoms with E-state index in [2.05, 4.69) is 5.32 Å². The van der Waals surface area contributed by atoms with E-state index in [0.29, 0.717) is 41.3 Å². The number of aliphatic carboxylic acids is 1. The van der Waals surface area contributed by atoms with Crippen molar-refractivity contribution in [1.29, 1.82) is 0 Å². The first kappa shape index (κ1) is 30.8. The highest BCUT2D eigenvalue weighted by Gasteiger charge is 2.21. The van der Waals surface area contributed by atoms with Gasteiger partial charge in [0.2, 0.25) is 5.91 Å². The topological polar surface area (TPSA) is 105 Å². The molecule has 1 atom stereocenters. The number of rotatable bonds is 15. The Labute approximate surface area is 251 Å². The fourth-order valence-electron chi connectivity index (χ4n) is 4.68. The third-order valence-corrected chi connectivity index (χ3v) is 6.91. The normalized spacial score (nSPS) is 11.3. The molecule has 4 rings (SSSR count). The predicted molar refractivity (Wildman–Crippen MR) is 167 cm³/mol. The molecule has 0 aliphatic rings. The minimum atomic E-state index is -1.03. The van der Waals surface area contributed by atoms with E-state index in [1.54, 1.807) is 72.7 Å². The number of amides is 1. The van der Waals surface area contributed by atoms with Gasteiger partial charge in [0.1, 0.15) is 24.1 Å². The Hall–Kier alpha value is -5.11. The Morgan fingerprint density at radius 2 is 1.58 bits per heavy atom. The smallest absolute Gasteiger partial charge is 0.326 e. The van der Waals surface area contributed by atoms with Crippen molar-refractivity contribution in [2.24, 2.45) is 0 Å². The number of carboxylic acids is 1. The van der Waals surface area contributed by atoms with Crippen LogP contribution in [0, 0.1) is 0 Å². The van der Waals surface area contributed by atoms with Crippen LogP contribution in [0.5, 0.6) is 11.5 Å². The summed E-state index contributed by atoms with van der Waals surface area (Å²) in [4.78, 5) is 39.8. The van der Waals surface area contributed by atoms with E-state index >= 15 is 0 Å². The fraction of sp³-hybridized carbons (Fsp3) is 0.229. The summed E-state index contributed by atoms with van der Waals surface area (Å²) < 4.78 is 11.2. The number of nitrogens with zero attached hydrogens (tertiary/aromatic N) is 1. The molecule has 0 bridgehead atoms. The Kier molecular flexibility index (Phi) is 10.9. The molecule has 4 aromatic carbocycles. The van der Waals surface area contributed by atoms with Crippen LogP contribution in [0.1, 0.15) is 41.3 Å². The summed E-state index contributed by atoms with van der Waals surface area (Å²) in [5.74, 6) is 0.0704. The lowest BCUT2D eigenvalue weighted by Gasteiger charge is -2.23. The minimum absolute atomic E-state index is 0.00829. The van der Waals surface area contributed by atoms with Crippen molar-refractivity contribution in [2.75, 3.05) is 30.5 Å². The number of methoxy groups -OCH3 is 1. The van der Waals surface area contributed by atoms with Gasteiger partial charge in [0.15, 0.2) is 5.78 Å². The number of hydrogen-bond acceptors (Lipinski definition) is 6. The number of nitrogens with one attached hydrogen (secondary N) is 1. The third kappa shape index (κ3) is 8.45. The molecule has 8 heteroatoms. The van der Waals surface area contributed by atoms with E-state index in [9.17, 15) is 19.5 Å². The largest absolute Gasteiger partial charge is 0.497 e. The number of ketones is 1. The molecule has 0 fully saturated rings. The monoisotopic (exact) mass is 580 g/mol. The first-order valence-corrected chi connectivity index (χ1v) is 14.2. The average molecular weight is 581 g/mol. The van der Waals surface area contributed by atoms with Crippen LogP contribution in [0.15, 0.2) is 103 Å². The van der Waals surface area contributed by atoms with Crippen molar-refractivity contribution in [3.63, 3.8) is 0 Å².